The molecule has 0 radical (unpaired) electrons. The van der Waals surface area contributed by atoms with Crippen LogP contribution in [0.2, 0.25) is 0 Å². The Bertz CT molecular complexity index is 3060. The Balaban J connectivity index is 1.25. The van der Waals surface area contributed by atoms with E-state index in [2.05, 4.69) is 185 Å². The van der Waals surface area contributed by atoms with Gasteiger partial charge in [0.05, 0.1) is 11.0 Å². The smallest absolute Gasteiger partial charge is 0.248 e. The van der Waals surface area contributed by atoms with E-state index in [0.29, 0.717) is 0 Å². The number of nitrogens with zero attached hydrogens (tertiary/aromatic N) is 2. The zero-order valence-corrected chi connectivity index (χ0v) is 27.7. The van der Waals surface area contributed by atoms with Gasteiger partial charge in [0.15, 0.2) is 0 Å². The molecule has 51 heavy (non-hydrogen) atoms. The van der Waals surface area contributed by atoms with Crippen LogP contribution in [-0.2, 0) is 0 Å². The Morgan fingerprint density at radius 2 is 0.902 bits per heavy atom. The van der Waals surface area contributed by atoms with Crippen LogP contribution in [0.3, 0.4) is 0 Å². The first-order chi connectivity index (χ1) is 25.3. The minimum atomic E-state index is 0.123. The normalized spacial score (nSPS) is 13.0. The Labute approximate surface area is 295 Å². The van der Waals surface area contributed by atoms with Gasteiger partial charge < -0.3 is 9.47 Å². The van der Waals surface area contributed by atoms with Gasteiger partial charge in [0, 0.05) is 33.5 Å². The van der Waals surface area contributed by atoms with Crippen molar-refractivity contribution in [2.75, 3.05) is 4.90 Å². The summed E-state index contributed by atoms with van der Waals surface area (Å²) in [6.07, 6.45) is 0. The molecule has 0 atom stereocenters. The van der Waals surface area contributed by atoms with Crippen LogP contribution >= 0.6 is 0 Å². The first-order valence-electron chi connectivity index (χ1n) is 17.8. The maximum atomic E-state index is 2.55. The van der Waals surface area contributed by atoms with Crippen LogP contribution in [0.4, 0.5) is 17.1 Å². The predicted molar refractivity (Wildman–Crippen MR) is 218 cm³/mol. The zero-order valence-electron chi connectivity index (χ0n) is 27.7. The number of aromatic nitrogens is 1. The fraction of sp³-hybridized carbons (Fsp3) is 0. The number of fused-ring (bicyclic) bond motifs is 11. The third-order valence-electron chi connectivity index (χ3n) is 11.5. The molecule has 3 heteroatoms. The molecule has 2 aliphatic rings. The number of hydrogen-bond donors (Lipinski definition) is 0. The molecule has 0 unspecified atom stereocenters. The molecule has 3 heterocycles. The van der Waals surface area contributed by atoms with E-state index in [-0.39, 0.29) is 6.71 Å². The lowest BCUT2D eigenvalue weighted by Crippen LogP contribution is -2.54. The topological polar surface area (TPSA) is 8.17 Å². The van der Waals surface area contributed by atoms with Gasteiger partial charge in [-0.15, -0.1) is 0 Å². The quantitative estimate of drug-likeness (QED) is 0.170. The predicted octanol–water partition coefficient (Wildman–Crippen LogP) is 10.5. The van der Waals surface area contributed by atoms with Crippen molar-refractivity contribution in [3.63, 3.8) is 0 Å². The number of benzene rings is 9. The second-order valence-corrected chi connectivity index (χ2v) is 14.1. The molecule has 2 aliphatic heterocycles. The SMILES string of the molecule is c1ccc2cc(N3c4cc5ccccc5cc4B4c5cc6ccccc6cc5-c5cc(-n6c7ccccc7c7ccccc76)cc3c54)ccc2c1. The molecule has 9 aromatic carbocycles. The average molecular weight is 645 g/mol. The Hall–Kier alpha value is -6.58. The molecule has 10 aromatic rings. The Morgan fingerprint density at radius 3 is 1.59 bits per heavy atom. The second-order valence-electron chi connectivity index (χ2n) is 14.1. The molecule has 0 aliphatic carbocycles. The van der Waals surface area contributed by atoms with Crippen molar-refractivity contribution in [1.29, 1.82) is 0 Å². The Morgan fingerprint density at radius 1 is 0.353 bits per heavy atom. The molecule has 0 saturated heterocycles. The number of anilines is 3. The average Bonchev–Trinajstić information content (AvgIpc) is 3.69. The van der Waals surface area contributed by atoms with Gasteiger partial charge >= 0.3 is 0 Å². The Kier molecular flexibility index (Phi) is 5.35. The molecular weight excluding hydrogens is 615 g/mol. The molecule has 1 aromatic heterocycles. The minimum Gasteiger partial charge on any atom is -0.311 e. The van der Waals surface area contributed by atoms with E-state index in [9.17, 15) is 0 Å². The summed E-state index contributed by atoms with van der Waals surface area (Å²) in [7, 11) is 0. The van der Waals surface area contributed by atoms with Crippen molar-refractivity contribution >= 4 is 94.3 Å². The summed E-state index contributed by atoms with van der Waals surface area (Å²) >= 11 is 0. The number of rotatable bonds is 2. The monoisotopic (exact) mass is 644 g/mol. The summed E-state index contributed by atoms with van der Waals surface area (Å²) in [5.74, 6) is 0. The van der Waals surface area contributed by atoms with E-state index >= 15 is 0 Å². The lowest BCUT2D eigenvalue weighted by atomic mass is 9.37. The van der Waals surface area contributed by atoms with Crippen LogP contribution in [0.1, 0.15) is 0 Å². The fourth-order valence-corrected chi connectivity index (χ4v) is 9.27. The van der Waals surface area contributed by atoms with E-state index in [0.717, 1.165) is 0 Å². The first-order valence-corrected chi connectivity index (χ1v) is 17.8. The van der Waals surface area contributed by atoms with E-state index in [1.807, 2.05) is 0 Å². The summed E-state index contributed by atoms with van der Waals surface area (Å²) in [4.78, 5) is 2.55. The lowest BCUT2D eigenvalue weighted by molar-refractivity contribution is 1.17. The third kappa shape index (κ3) is 3.73. The van der Waals surface area contributed by atoms with Crippen LogP contribution < -0.4 is 21.3 Å². The van der Waals surface area contributed by atoms with Crippen molar-refractivity contribution < 1.29 is 0 Å². The highest BCUT2D eigenvalue weighted by atomic mass is 15.2. The van der Waals surface area contributed by atoms with Gasteiger partial charge in [-0.2, -0.15) is 0 Å². The van der Waals surface area contributed by atoms with Gasteiger partial charge in [0.1, 0.15) is 0 Å². The van der Waals surface area contributed by atoms with Crippen molar-refractivity contribution in [3.05, 3.63) is 176 Å². The van der Waals surface area contributed by atoms with Crippen LogP contribution in [0, 0.1) is 0 Å². The summed E-state index contributed by atoms with van der Waals surface area (Å²) in [5, 5.41) is 10.1. The molecule has 0 fully saturated rings. The molecule has 12 rings (SSSR count). The maximum Gasteiger partial charge on any atom is 0.248 e. The van der Waals surface area contributed by atoms with Crippen LogP contribution in [0.15, 0.2) is 176 Å². The van der Waals surface area contributed by atoms with Gasteiger partial charge in [-0.3, -0.25) is 0 Å². The molecule has 0 bridgehead atoms. The van der Waals surface area contributed by atoms with Crippen molar-refractivity contribution in [1.82, 2.24) is 4.57 Å². The van der Waals surface area contributed by atoms with Crippen molar-refractivity contribution in [2.24, 2.45) is 0 Å². The number of para-hydroxylation sites is 2. The molecule has 0 amide bonds. The van der Waals surface area contributed by atoms with E-state index in [4.69, 9.17) is 0 Å². The minimum absolute atomic E-state index is 0.123. The van der Waals surface area contributed by atoms with Crippen LogP contribution in [0.5, 0.6) is 0 Å². The third-order valence-corrected chi connectivity index (χ3v) is 11.5. The summed E-state index contributed by atoms with van der Waals surface area (Å²) < 4.78 is 2.48. The van der Waals surface area contributed by atoms with Crippen LogP contribution in [-0.4, -0.2) is 11.3 Å². The van der Waals surface area contributed by atoms with Gasteiger partial charge in [0.2, 0.25) is 6.71 Å². The standard InChI is InChI=1S/C48H29BN2/c1-2-12-31-23-36(22-21-30(31)11-1)50-46-27-35-16-6-5-15-34(35)26-43(46)49-42-25-33-14-4-3-13-32(33)24-40(42)41-28-37(29-47(50)48(41)49)51-44-19-9-7-17-38(44)39-18-8-10-20-45(39)51/h1-29H. The van der Waals surface area contributed by atoms with E-state index in [1.165, 1.54) is 104 Å². The molecule has 2 nitrogen and oxygen atoms in total. The fourth-order valence-electron chi connectivity index (χ4n) is 9.27. The number of hydrogen-bond acceptors (Lipinski definition) is 1. The van der Waals surface area contributed by atoms with Gasteiger partial charge in [-0.1, -0.05) is 133 Å². The summed E-state index contributed by atoms with van der Waals surface area (Å²) in [6.45, 7) is 0.123. The molecule has 0 saturated carbocycles. The molecular formula is C48H29BN2. The van der Waals surface area contributed by atoms with Crippen molar-refractivity contribution in [2.45, 2.75) is 0 Å². The highest BCUT2D eigenvalue weighted by molar-refractivity contribution is 7.01. The molecule has 0 spiro atoms. The largest absolute Gasteiger partial charge is 0.311 e. The van der Waals surface area contributed by atoms with Gasteiger partial charge in [0.25, 0.3) is 0 Å². The van der Waals surface area contributed by atoms with Gasteiger partial charge in [-0.25, -0.2) is 0 Å². The van der Waals surface area contributed by atoms with E-state index in [1.54, 1.807) is 0 Å². The van der Waals surface area contributed by atoms with E-state index < -0.39 is 0 Å². The highest BCUT2D eigenvalue weighted by Crippen LogP contribution is 2.45. The zero-order chi connectivity index (χ0) is 33.2. The summed E-state index contributed by atoms with van der Waals surface area (Å²) in [5.41, 5.74) is 14.1. The lowest BCUT2D eigenvalue weighted by Gasteiger charge is -2.37. The van der Waals surface area contributed by atoms with Crippen LogP contribution in [0.25, 0.3) is 70.9 Å². The van der Waals surface area contributed by atoms with Gasteiger partial charge in [-0.05, 0) is 103 Å². The van der Waals surface area contributed by atoms with Crippen molar-refractivity contribution in [3.8, 4) is 16.8 Å². The first kappa shape index (κ1) is 27.3. The molecule has 234 valence electrons. The molecule has 0 N–H and O–H groups in total. The second kappa shape index (κ2) is 10.00. The maximum absolute atomic E-state index is 2.55. The highest BCUT2D eigenvalue weighted by Gasteiger charge is 2.43. The summed E-state index contributed by atoms with van der Waals surface area (Å²) in [6, 6.07) is 65.7.